The number of rotatable bonds is 11. The number of imide groups is 1. The van der Waals surface area contributed by atoms with Crippen LogP contribution in [0.1, 0.15) is 55.0 Å². The van der Waals surface area contributed by atoms with E-state index in [9.17, 15) is 19.5 Å². The van der Waals surface area contributed by atoms with Crippen LogP contribution in [0, 0.1) is 0 Å². The average molecular weight is 520 g/mol. The molecule has 5 rings (SSSR count). The van der Waals surface area contributed by atoms with Crippen molar-refractivity contribution in [3.05, 3.63) is 136 Å². The molecule has 6 heteroatoms. The van der Waals surface area contributed by atoms with Crippen molar-refractivity contribution in [1.29, 1.82) is 0 Å². The fraction of sp³-hybridized carbons (Fsp3) is 0.182. The fourth-order valence-corrected chi connectivity index (χ4v) is 4.91. The van der Waals surface area contributed by atoms with Gasteiger partial charge in [-0.05, 0) is 58.9 Å². The second kappa shape index (κ2) is 11.8. The number of carboxylic acids is 1. The summed E-state index contributed by atoms with van der Waals surface area (Å²) in [7, 11) is 0. The molecule has 0 saturated carbocycles. The van der Waals surface area contributed by atoms with Gasteiger partial charge in [0.15, 0.2) is 0 Å². The molecule has 39 heavy (non-hydrogen) atoms. The summed E-state index contributed by atoms with van der Waals surface area (Å²) in [5.74, 6) is -0.609. The van der Waals surface area contributed by atoms with Crippen molar-refractivity contribution in [3.8, 4) is 5.75 Å². The summed E-state index contributed by atoms with van der Waals surface area (Å²) in [6, 6.07) is 30.8. The van der Waals surface area contributed by atoms with Crippen molar-refractivity contribution in [2.75, 3.05) is 6.54 Å². The van der Waals surface area contributed by atoms with Crippen LogP contribution in [-0.4, -0.2) is 34.3 Å². The number of carboxylic acid groups (broad SMARTS) is 1. The lowest BCUT2D eigenvalue weighted by molar-refractivity contribution is -0.136. The van der Waals surface area contributed by atoms with E-state index in [-0.39, 0.29) is 24.8 Å². The molecule has 1 aliphatic heterocycles. The Morgan fingerprint density at radius 1 is 0.692 bits per heavy atom. The van der Waals surface area contributed by atoms with Gasteiger partial charge in [0.1, 0.15) is 12.4 Å². The van der Waals surface area contributed by atoms with Gasteiger partial charge < -0.3 is 9.84 Å². The predicted octanol–water partition coefficient (Wildman–Crippen LogP) is 5.71. The van der Waals surface area contributed by atoms with Crippen LogP contribution < -0.4 is 4.74 Å². The smallest absolute Gasteiger partial charge is 0.303 e. The zero-order chi connectivity index (χ0) is 27.2. The minimum atomic E-state index is -0.854. The molecule has 0 atom stereocenters. The number of para-hydroxylation sites is 1. The van der Waals surface area contributed by atoms with Gasteiger partial charge in [0.2, 0.25) is 0 Å². The number of hydrogen-bond donors (Lipinski definition) is 1. The Hall–Kier alpha value is -4.71. The molecule has 0 unspecified atom stereocenters. The van der Waals surface area contributed by atoms with E-state index in [1.165, 1.54) is 4.90 Å². The molecule has 0 aromatic heterocycles. The first kappa shape index (κ1) is 25.9. The van der Waals surface area contributed by atoms with Crippen LogP contribution in [0.4, 0.5) is 0 Å². The van der Waals surface area contributed by atoms with Crippen LogP contribution in [0.15, 0.2) is 97.1 Å². The summed E-state index contributed by atoms with van der Waals surface area (Å²) in [4.78, 5) is 38.2. The van der Waals surface area contributed by atoms with Gasteiger partial charge in [-0.2, -0.15) is 0 Å². The molecule has 2 amide bonds. The SMILES string of the molecule is O=C(O)CCc1cc(CCN2C(=O)c3ccccc3C2=O)cc(Cc2ccccc2OCc2ccccc2)c1. The number of benzene rings is 4. The highest BCUT2D eigenvalue weighted by Crippen LogP contribution is 2.26. The predicted molar refractivity (Wildman–Crippen MR) is 148 cm³/mol. The van der Waals surface area contributed by atoms with Gasteiger partial charge in [0, 0.05) is 19.4 Å². The third-order valence-electron chi connectivity index (χ3n) is 6.85. The molecule has 4 aromatic carbocycles. The Balaban J connectivity index is 1.34. The van der Waals surface area contributed by atoms with Gasteiger partial charge in [0.05, 0.1) is 11.1 Å². The van der Waals surface area contributed by atoms with Crippen LogP contribution in [0.25, 0.3) is 0 Å². The number of nitrogens with zero attached hydrogens (tertiary/aromatic N) is 1. The summed E-state index contributed by atoms with van der Waals surface area (Å²) >= 11 is 0. The van der Waals surface area contributed by atoms with E-state index < -0.39 is 5.97 Å². The minimum Gasteiger partial charge on any atom is -0.489 e. The van der Waals surface area contributed by atoms with Crippen LogP contribution in [-0.2, 0) is 30.7 Å². The standard InChI is InChI=1S/C33H29NO5/c35-31(36)15-14-24-18-25(16-17-34-32(37)28-11-5-6-12-29(28)33(34)38)20-26(19-24)21-27-10-4-7-13-30(27)39-22-23-8-2-1-3-9-23/h1-13,18-20H,14-17,21-22H2,(H,35,36). The Labute approximate surface area is 227 Å². The number of ether oxygens (including phenoxy) is 1. The maximum atomic E-state index is 12.8. The monoisotopic (exact) mass is 519 g/mol. The third kappa shape index (κ3) is 6.24. The van der Waals surface area contributed by atoms with Gasteiger partial charge >= 0.3 is 5.97 Å². The molecule has 4 aromatic rings. The number of hydrogen-bond acceptors (Lipinski definition) is 4. The van der Waals surface area contributed by atoms with E-state index in [4.69, 9.17) is 4.74 Å². The first-order chi connectivity index (χ1) is 19.0. The number of carbonyl (C=O) groups is 3. The van der Waals surface area contributed by atoms with Gasteiger partial charge in [-0.1, -0.05) is 78.9 Å². The van der Waals surface area contributed by atoms with E-state index in [1.54, 1.807) is 24.3 Å². The minimum absolute atomic E-state index is 0.0259. The Morgan fingerprint density at radius 2 is 1.28 bits per heavy atom. The highest BCUT2D eigenvalue weighted by atomic mass is 16.5. The molecule has 1 N–H and O–H groups in total. The van der Waals surface area contributed by atoms with Crippen LogP contribution in [0.5, 0.6) is 5.75 Å². The summed E-state index contributed by atoms with van der Waals surface area (Å²) < 4.78 is 6.14. The third-order valence-corrected chi connectivity index (χ3v) is 6.85. The van der Waals surface area contributed by atoms with Crippen LogP contribution >= 0.6 is 0 Å². The lowest BCUT2D eigenvalue weighted by Crippen LogP contribution is -2.31. The number of carbonyl (C=O) groups excluding carboxylic acids is 2. The van der Waals surface area contributed by atoms with E-state index in [2.05, 4.69) is 6.07 Å². The van der Waals surface area contributed by atoms with E-state index in [0.717, 1.165) is 33.6 Å². The molecule has 0 bridgehead atoms. The Bertz CT molecular complexity index is 1480. The molecule has 196 valence electrons. The second-order valence-electron chi connectivity index (χ2n) is 9.67. The van der Waals surface area contributed by atoms with Gasteiger partial charge in [-0.25, -0.2) is 0 Å². The molecule has 6 nitrogen and oxygen atoms in total. The molecule has 0 radical (unpaired) electrons. The highest BCUT2D eigenvalue weighted by Gasteiger charge is 2.34. The van der Waals surface area contributed by atoms with Gasteiger partial charge in [-0.15, -0.1) is 0 Å². The van der Waals surface area contributed by atoms with Crippen molar-refractivity contribution >= 4 is 17.8 Å². The number of amides is 2. The van der Waals surface area contributed by atoms with E-state index in [0.29, 0.717) is 37.0 Å². The number of aryl methyl sites for hydroxylation is 1. The summed E-state index contributed by atoms with van der Waals surface area (Å²) in [6.07, 6.45) is 1.50. The highest BCUT2D eigenvalue weighted by molar-refractivity contribution is 6.21. The fourth-order valence-electron chi connectivity index (χ4n) is 4.91. The lowest BCUT2D eigenvalue weighted by Gasteiger charge is -2.16. The van der Waals surface area contributed by atoms with E-state index in [1.807, 2.05) is 66.7 Å². The molecule has 0 fully saturated rings. The van der Waals surface area contributed by atoms with Gasteiger partial charge in [-0.3, -0.25) is 19.3 Å². The molecular formula is C33H29NO5. The first-order valence-corrected chi connectivity index (χ1v) is 13.0. The summed E-state index contributed by atoms with van der Waals surface area (Å²) in [5.41, 5.74) is 5.86. The maximum Gasteiger partial charge on any atom is 0.303 e. The molecule has 0 spiro atoms. The van der Waals surface area contributed by atoms with Crippen molar-refractivity contribution in [3.63, 3.8) is 0 Å². The normalized spacial score (nSPS) is 12.5. The number of fused-ring (bicyclic) bond motifs is 1. The van der Waals surface area contributed by atoms with Crippen molar-refractivity contribution in [1.82, 2.24) is 4.90 Å². The topological polar surface area (TPSA) is 83.9 Å². The zero-order valence-corrected chi connectivity index (χ0v) is 21.5. The Morgan fingerprint density at radius 3 is 1.97 bits per heavy atom. The number of aliphatic carboxylic acids is 1. The first-order valence-electron chi connectivity index (χ1n) is 13.0. The lowest BCUT2D eigenvalue weighted by atomic mass is 9.96. The van der Waals surface area contributed by atoms with E-state index >= 15 is 0 Å². The Kier molecular flexibility index (Phi) is 7.83. The van der Waals surface area contributed by atoms with Crippen LogP contribution in [0.3, 0.4) is 0 Å². The molecular weight excluding hydrogens is 490 g/mol. The quantitative estimate of drug-likeness (QED) is 0.257. The molecule has 0 aliphatic carbocycles. The van der Waals surface area contributed by atoms with Crippen LogP contribution in [0.2, 0.25) is 0 Å². The maximum absolute atomic E-state index is 12.8. The van der Waals surface area contributed by atoms with Crippen molar-refractivity contribution in [2.24, 2.45) is 0 Å². The summed E-state index contributed by atoms with van der Waals surface area (Å²) in [6.45, 7) is 0.715. The van der Waals surface area contributed by atoms with Crippen molar-refractivity contribution in [2.45, 2.75) is 32.3 Å². The van der Waals surface area contributed by atoms with Gasteiger partial charge in [0.25, 0.3) is 11.8 Å². The van der Waals surface area contributed by atoms with Crippen molar-refractivity contribution < 1.29 is 24.2 Å². The zero-order valence-electron chi connectivity index (χ0n) is 21.5. The largest absolute Gasteiger partial charge is 0.489 e. The average Bonchev–Trinajstić information content (AvgIpc) is 3.20. The molecule has 1 aliphatic rings. The summed E-state index contributed by atoms with van der Waals surface area (Å²) in [5, 5.41) is 9.23. The molecule has 0 saturated heterocycles. The second-order valence-corrected chi connectivity index (χ2v) is 9.67. The molecule has 1 heterocycles.